The number of carbonyl (C=O) groups is 1. The van der Waals surface area contributed by atoms with Crippen LogP contribution in [0.5, 0.6) is 5.75 Å². The van der Waals surface area contributed by atoms with Crippen LogP contribution in [0.25, 0.3) is 6.08 Å². The summed E-state index contributed by atoms with van der Waals surface area (Å²) in [4.78, 5) is 14.5. The molecule has 0 radical (unpaired) electrons. The number of hydrogen-bond donors (Lipinski definition) is 2. The number of carbonyl (C=O) groups excluding carboxylic acids is 1. The minimum atomic E-state index is -3.53. The third kappa shape index (κ3) is 6.13. The van der Waals surface area contributed by atoms with Crippen LogP contribution >= 0.6 is 12.2 Å². The molecule has 0 aliphatic carbocycles. The highest BCUT2D eigenvalue weighted by atomic mass is 32.2. The SMILES string of the molecule is COc1ccccc1/C=C/C(=O)NC(=S)Nc1ccc(S(=O)(=O)N2CCN(C)CC2)cc1. The van der Waals surface area contributed by atoms with Crippen molar-refractivity contribution in [3.05, 3.63) is 60.2 Å². The van der Waals surface area contributed by atoms with Gasteiger partial charge in [0, 0.05) is 43.5 Å². The van der Waals surface area contributed by atoms with E-state index in [0.29, 0.717) is 37.6 Å². The zero-order chi connectivity index (χ0) is 23.1. The third-order valence-electron chi connectivity index (χ3n) is 5.00. The number of ether oxygens (including phenoxy) is 1. The van der Waals surface area contributed by atoms with Gasteiger partial charge in [-0.3, -0.25) is 10.1 Å². The quantitative estimate of drug-likeness (QED) is 0.490. The maximum atomic E-state index is 12.8. The summed E-state index contributed by atoms with van der Waals surface area (Å²) in [7, 11) is 0.00331. The summed E-state index contributed by atoms with van der Waals surface area (Å²) in [6.07, 6.45) is 2.99. The minimum Gasteiger partial charge on any atom is -0.496 e. The van der Waals surface area contributed by atoms with Crippen molar-refractivity contribution in [3.8, 4) is 5.75 Å². The molecule has 0 unspecified atom stereocenters. The molecule has 2 N–H and O–H groups in total. The first-order valence-corrected chi connectivity index (χ1v) is 11.9. The normalized spacial score (nSPS) is 15.4. The first-order chi connectivity index (χ1) is 15.3. The summed E-state index contributed by atoms with van der Waals surface area (Å²) < 4.78 is 32.3. The molecular weight excluding hydrogens is 448 g/mol. The summed E-state index contributed by atoms with van der Waals surface area (Å²) in [5.74, 6) is 0.256. The van der Waals surface area contributed by atoms with Crippen LogP contribution in [-0.4, -0.2) is 69.0 Å². The molecule has 1 aliphatic heterocycles. The molecule has 0 bridgehead atoms. The van der Waals surface area contributed by atoms with E-state index in [1.54, 1.807) is 31.4 Å². The lowest BCUT2D eigenvalue weighted by Gasteiger charge is -2.31. The fourth-order valence-corrected chi connectivity index (χ4v) is 4.81. The topological polar surface area (TPSA) is 91.0 Å². The van der Waals surface area contributed by atoms with Crippen LogP contribution in [0.3, 0.4) is 0 Å². The number of hydrogen-bond acceptors (Lipinski definition) is 6. The molecule has 3 rings (SSSR count). The Bertz CT molecular complexity index is 1090. The van der Waals surface area contributed by atoms with Crippen molar-refractivity contribution in [2.24, 2.45) is 0 Å². The molecule has 170 valence electrons. The minimum absolute atomic E-state index is 0.106. The Morgan fingerprint density at radius 2 is 1.72 bits per heavy atom. The van der Waals surface area contributed by atoms with Crippen LogP contribution in [0.1, 0.15) is 5.56 Å². The van der Waals surface area contributed by atoms with E-state index in [9.17, 15) is 13.2 Å². The molecule has 10 heteroatoms. The second-order valence-corrected chi connectivity index (χ2v) is 9.60. The van der Waals surface area contributed by atoms with Crippen molar-refractivity contribution in [1.82, 2.24) is 14.5 Å². The lowest BCUT2D eigenvalue weighted by atomic mass is 10.2. The van der Waals surface area contributed by atoms with E-state index in [0.717, 1.165) is 5.56 Å². The van der Waals surface area contributed by atoms with Crippen LogP contribution in [0.4, 0.5) is 5.69 Å². The van der Waals surface area contributed by atoms with Crippen molar-refractivity contribution >= 4 is 45.0 Å². The van der Waals surface area contributed by atoms with E-state index in [1.807, 2.05) is 25.2 Å². The number of thiocarbonyl (C=S) groups is 1. The van der Waals surface area contributed by atoms with Crippen molar-refractivity contribution in [2.75, 3.05) is 45.7 Å². The monoisotopic (exact) mass is 474 g/mol. The number of amides is 1. The van der Waals surface area contributed by atoms with Gasteiger partial charge in [-0.15, -0.1) is 0 Å². The van der Waals surface area contributed by atoms with Crippen LogP contribution < -0.4 is 15.4 Å². The smallest absolute Gasteiger partial charge is 0.250 e. The fraction of sp³-hybridized carbons (Fsp3) is 0.273. The second-order valence-electron chi connectivity index (χ2n) is 7.25. The van der Waals surface area contributed by atoms with Crippen LogP contribution in [0, 0.1) is 0 Å². The second kappa shape index (κ2) is 10.7. The first kappa shape index (κ1) is 23.9. The van der Waals surface area contributed by atoms with Crippen molar-refractivity contribution < 1.29 is 17.9 Å². The largest absolute Gasteiger partial charge is 0.496 e. The van der Waals surface area contributed by atoms with Gasteiger partial charge in [0.1, 0.15) is 5.75 Å². The number of methoxy groups -OCH3 is 1. The maximum absolute atomic E-state index is 12.8. The number of rotatable bonds is 6. The highest BCUT2D eigenvalue weighted by molar-refractivity contribution is 7.89. The van der Waals surface area contributed by atoms with Gasteiger partial charge in [0.2, 0.25) is 15.9 Å². The Morgan fingerprint density at radius 3 is 2.38 bits per heavy atom. The Hall–Kier alpha value is -2.79. The molecule has 1 amide bonds. The van der Waals surface area contributed by atoms with Crippen LogP contribution in [-0.2, 0) is 14.8 Å². The molecular formula is C22H26N4O4S2. The summed E-state index contributed by atoms with van der Waals surface area (Å²) in [6, 6.07) is 13.6. The average molecular weight is 475 g/mol. The average Bonchev–Trinajstić information content (AvgIpc) is 2.78. The van der Waals surface area contributed by atoms with Crippen molar-refractivity contribution in [1.29, 1.82) is 0 Å². The molecule has 2 aromatic carbocycles. The fourth-order valence-electron chi connectivity index (χ4n) is 3.17. The van der Waals surface area contributed by atoms with Gasteiger partial charge < -0.3 is 15.0 Å². The van der Waals surface area contributed by atoms with Crippen LogP contribution in [0.2, 0.25) is 0 Å². The van der Waals surface area contributed by atoms with Gasteiger partial charge in [-0.25, -0.2) is 8.42 Å². The first-order valence-electron chi connectivity index (χ1n) is 10.0. The number of anilines is 1. The van der Waals surface area contributed by atoms with Gasteiger partial charge in [-0.2, -0.15) is 4.31 Å². The summed E-state index contributed by atoms with van der Waals surface area (Å²) in [5.41, 5.74) is 1.34. The van der Waals surface area contributed by atoms with Gasteiger partial charge >= 0.3 is 0 Å². The lowest BCUT2D eigenvalue weighted by molar-refractivity contribution is -0.115. The standard InChI is InChI=1S/C22H26N4O4S2/c1-25-13-15-26(16-14-25)32(28,29)19-10-8-18(9-11-19)23-22(31)24-21(27)12-7-17-5-3-4-6-20(17)30-2/h3-12H,13-16H2,1-2H3,(H2,23,24,27,31)/b12-7+. The zero-order valence-corrected chi connectivity index (χ0v) is 19.6. The number of sulfonamides is 1. The summed E-state index contributed by atoms with van der Waals surface area (Å²) in [6.45, 7) is 2.35. The number of para-hydroxylation sites is 1. The van der Waals surface area contributed by atoms with E-state index >= 15 is 0 Å². The van der Waals surface area contributed by atoms with E-state index in [-0.39, 0.29) is 10.0 Å². The summed E-state index contributed by atoms with van der Waals surface area (Å²) >= 11 is 5.18. The Labute approximate surface area is 193 Å². The van der Waals surface area contributed by atoms with Gasteiger partial charge in [0.15, 0.2) is 5.11 Å². The number of likely N-dealkylation sites (N-methyl/N-ethyl adjacent to an activating group) is 1. The van der Waals surface area contributed by atoms with Gasteiger partial charge in [-0.05, 0) is 55.7 Å². The molecule has 2 aromatic rings. The molecule has 0 aromatic heterocycles. The number of nitrogens with one attached hydrogen (secondary N) is 2. The number of benzene rings is 2. The molecule has 0 saturated carbocycles. The number of piperazine rings is 1. The lowest BCUT2D eigenvalue weighted by Crippen LogP contribution is -2.46. The van der Waals surface area contributed by atoms with Gasteiger partial charge in [0.05, 0.1) is 12.0 Å². The van der Waals surface area contributed by atoms with Gasteiger partial charge in [-0.1, -0.05) is 18.2 Å². The highest BCUT2D eigenvalue weighted by Gasteiger charge is 2.27. The van der Waals surface area contributed by atoms with Crippen molar-refractivity contribution in [3.63, 3.8) is 0 Å². The number of nitrogens with zero attached hydrogens (tertiary/aromatic N) is 2. The van der Waals surface area contributed by atoms with E-state index in [1.165, 1.54) is 22.5 Å². The summed E-state index contributed by atoms with van der Waals surface area (Å²) in [5, 5.41) is 5.55. The third-order valence-corrected chi connectivity index (χ3v) is 7.12. The predicted octanol–water partition coefficient (Wildman–Crippen LogP) is 2.16. The van der Waals surface area contributed by atoms with E-state index in [4.69, 9.17) is 17.0 Å². The van der Waals surface area contributed by atoms with Crippen molar-refractivity contribution in [2.45, 2.75) is 4.90 Å². The Morgan fingerprint density at radius 1 is 1.06 bits per heavy atom. The molecule has 0 atom stereocenters. The van der Waals surface area contributed by atoms with Gasteiger partial charge in [0.25, 0.3) is 0 Å². The molecule has 1 aliphatic rings. The molecule has 32 heavy (non-hydrogen) atoms. The molecule has 1 saturated heterocycles. The molecule has 1 heterocycles. The highest BCUT2D eigenvalue weighted by Crippen LogP contribution is 2.20. The Balaban J connectivity index is 1.56. The van der Waals surface area contributed by atoms with Crippen LogP contribution in [0.15, 0.2) is 59.5 Å². The molecule has 0 spiro atoms. The predicted molar refractivity (Wildman–Crippen MR) is 129 cm³/mol. The maximum Gasteiger partial charge on any atom is 0.250 e. The van der Waals surface area contributed by atoms with E-state index in [2.05, 4.69) is 15.5 Å². The molecule has 8 nitrogen and oxygen atoms in total. The Kier molecular flexibility index (Phi) is 7.97. The molecule has 1 fully saturated rings. The zero-order valence-electron chi connectivity index (χ0n) is 17.9. The van der Waals surface area contributed by atoms with E-state index < -0.39 is 15.9 Å².